The van der Waals surface area contributed by atoms with Gasteiger partial charge in [-0.15, -0.1) is 0 Å². The Morgan fingerprint density at radius 2 is 1.50 bits per heavy atom. The third-order valence-corrected chi connectivity index (χ3v) is 2.67. The highest BCUT2D eigenvalue weighted by atomic mass is 16.7. The van der Waals surface area contributed by atoms with E-state index in [4.69, 9.17) is 9.31 Å². The lowest BCUT2D eigenvalue weighted by Gasteiger charge is -2.32. The Morgan fingerprint density at radius 1 is 1.08 bits per heavy atom. The molecule has 1 aliphatic rings. The van der Waals surface area contributed by atoms with Crippen molar-refractivity contribution in [2.45, 2.75) is 38.9 Å². The predicted octanol–water partition coefficient (Wildman–Crippen LogP) is 0.837. The Hall–Kier alpha value is -0.0551. The summed E-state index contributed by atoms with van der Waals surface area (Å²) < 4.78 is 11.4. The second-order valence-corrected chi connectivity index (χ2v) is 4.24. The van der Waals surface area contributed by atoms with Crippen molar-refractivity contribution < 1.29 is 9.31 Å². The van der Waals surface area contributed by atoms with Gasteiger partial charge in [-0.1, -0.05) is 0 Å². The minimum Gasteiger partial charge on any atom is -0.402 e. The van der Waals surface area contributed by atoms with E-state index in [9.17, 15) is 0 Å². The van der Waals surface area contributed by atoms with E-state index in [1.54, 1.807) is 0 Å². The average Bonchev–Trinajstić information content (AvgIpc) is 2.02. The van der Waals surface area contributed by atoms with E-state index in [1.807, 2.05) is 7.05 Å². The lowest BCUT2D eigenvalue weighted by molar-refractivity contribution is 0.00578. The molecule has 70 valence electrons. The first-order valence-corrected chi connectivity index (χ1v) is 4.39. The van der Waals surface area contributed by atoms with Crippen LogP contribution in [-0.2, 0) is 9.31 Å². The Balaban J connectivity index is 2.61. The maximum absolute atomic E-state index is 5.72. The van der Waals surface area contributed by atoms with Crippen molar-refractivity contribution in [3.63, 3.8) is 0 Å². The molecule has 4 heteroatoms. The Morgan fingerprint density at radius 3 is 1.83 bits per heavy atom. The molecule has 0 aromatic carbocycles. The molecule has 1 saturated heterocycles. The summed E-state index contributed by atoms with van der Waals surface area (Å²) in [7, 11) is 1.78. The van der Waals surface area contributed by atoms with Crippen LogP contribution in [0.3, 0.4) is 0 Å². The Bertz CT molecular complexity index is 154. The van der Waals surface area contributed by atoms with Gasteiger partial charge in [0.1, 0.15) is 0 Å². The van der Waals surface area contributed by atoms with Gasteiger partial charge in [0.05, 0.1) is 11.2 Å². The second-order valence-electron chi connectivity index (χ2n) is 4.24. The fourth-order valence-corrected chi connectivity index (χ4v) is 1.22. The van der Waals surface area contributed by atoms with Crippen LogP contribution in [0.25, 0.3) is 0 Å². The molecule has 1 heterocycles. The lowest BCUT2D eigenvalue weighted by atomic mass is 9.90. The summed E-state index contributed by atoms with van der Waals surface area (Å²) in [4.78, 5) is 0. The Kier molecular flexibility index (Phi) is 2.52. The largest absolute Gasteiger partial charge is 0.472 e. The van der Waals surface area contributed by atoms with Crippen molar-refractivity contribution in [2.75, 3.05) is 13.5 Å². The lowest BCUT2D eigenvalue weighted by Crippen LogP contribution is -2.41. The molecule has 0 unspecified atom stereocenters. The van der Waals surface area contributed by atoms with Crippen molar-refractivity contribution in [2.24, 2.45) is 0 Å². The fourth-order valence-electron chi connectivity index (χ4n) is 1.22. The molecule has 0 aromatic heterocycles. The SMILES string of the molecule is CNCB1OC(C)(C)C(C)(C)O1. The molecule has 0 aliphatic carbocycles. The summed E-state index contributed by atoms with van der Waals surface area (Å²) in [5.74, 6) is 0. The summed E-state index contributed by atoms with van der Waals surface area (Å²) in [5.41, 5.74) is -0.400. The molecule has 0 atom stereocenters. The zero-order valence-corrected chi connectivity index (χ0v) is 8.60. The predicted molar refractivity (Wildman–Crippen MR) is 50.0 cm³/mol. The van der Waals surface area contributed by atoms with Gasteiger partial charge in [0.2, 0.25) is 0 Å². The zero-order valence-electron chi connectivity index (χ0n) is 8.60. The number of hydrogen-bond acceptors (Lipinski definition) is 3. The van der Waals surface area contributed by atoms with Crippen LogP contribution in [0.4, 0.5) is 0 Å². The number of nitrogens with one attached hydrogen (secondary N) is 1. The fraction of sp³-hybridized carbons (Fsp3) is 1.00. The van der Waals surface area contributed by atoms with Crippen LogP contribution in [0.2, 0.25) is 0 Å². The highest BCUT2D eigenvalue weighted by Gasteiger charge is 2.50. The summed E-state index contributed by atoms with van der Waals surface area (Å²) >= 11 is 0. The van der Waals surface area contributed by atoms with E-state index < -0.39 is 0 Å². The summed E-state index contributed by atoms with van der Waals surface area (Å²) in [5, 5.41) is 3.04. The minimum atomic E-state index is -0.200. The third kappa shape index (κ3) is 1.65. The van der Waals surface area contributed by atoms with Crippen LogP contribution in [0.5, 0.6) is 0 Å². The molecular weight excluding hydrogens is 153 g/mol. The van der Waals surface area contributed by atoms with Crippen molar-refractivity contribution in [3.05, 3.63) is 0 Å². The second kappa shape index (κ2) is 3.02. The smallest absolute Gasteiger partial charge is 0.402 e. The molecule has 1 aliphatic heterocycles. The summed E-state index contributed by atoms with van der Waals surface area (Å²) in [6.07, 6.45) is 0.743. The van der Waals surface area contributed by atoms with Gasteiger partial charge in [-0.2, -0.15) is 0 Å². The average molecular weight is 171 g/mol. The first-order valence-electron chi connectivity index (χ1n) is 4.39. The van der Waals surface area contributed by atoms with Gasteiger partial charge in [0.25, 0.3) is 0 Å². The van der Waals surface area contributed by atoms with Crippen LogP contribution >= 0.6 is 0 Å². The highest BCUT2D eigenvalue weighted by molar-refractivity contribution is 6.45. The summed E-state index contributed by atoms with van der Waals surface area (Å²) in [6.45, 7) is 8.23. The molecule has 0 spiro atoms. The van der Waals surface area contributed by atoms with Crippen LogP contribution in [0.15, 0.2) is 0 Å². The van der Waals surface area contributed by atoms with Gasteiger partial charge in [-0.25, -0.2) is 0 Å². The van der Waals surface area contributed by atoms with E-state index in [1.165, 1.54) is 0 Å². The quantitative estimate of drug-likeness (QED) is 0.624. The van der Waals surface area contributed by atoms with Gasteiger partial charge >= 0.3 is 7.12 Å². The molecule has 3 nitrogen and oxygen atoms in total. The van der Waals surface area contributed by atoms with Crippen molar-refractivity contribution in [1.82, 2.24) is 5.32 Å². The standard InChI is InChI=1S/C8H18BNO2/c1-7(2)8(3,4)12-9(11-7)6-10-5/h10H,6H2,1-5H3. The van der Waals surface area contributed by atoms with Gasteiger partial charge in [0, 0.05) is 6.44 Å². The van der Waals surface area contributed by atoms with E-state index in [2.05, 4.69) is 33.0 Å². The molecule has 1 rings (SSSR count). The van der Waals surface area contributed by atoms with Gasteiger partial charge in [0.15, 0.2) is 0 Å². The first kappa shape index (κ1) is 10.0. The monoisotopic (exact) mass is 171 g/mol. The molecule has 1 N–H and O–H groups in total. The van der Waals surface area contributed by atoms with E-state index in [0.717, 1.165) is 6.44 Å². The molecule has 0 saturated carbocycles. The van der Waals surface area contributed by atoms with Crippen LogP contribution in [0.1, 0.15) is 27.7 Å². The number of rotatable bonds is 2. The number of hydrogen-bond donors (Lipinski definition) is 1. The molecule has 12 heavy (non-hydrogen) atoms. The molecule has 0 amide bonds. The van der Waals surface area contributed by atoms with E-state index in [-0.39, 0.29) is 18.3 Å². The van der Waals surface area contributed by atoms with Crippen molar-refractivity contribution in [3.8, 4) is 0 Å². The maximum Gasteiger partial charge on any atom is 0.472 e. The van der Waals surface area contributed by atoms with E-state index >= 15 is 0 Å². The molecule has 0 bridgehead atoms. The van der Waals surface area contributed by atoms with Crippen molar-refractivity contribution >= 4 is 7.12 Å². The zero-order chi connectivity index (χ0) is 9.41. The molecule has 1 fully saturated rings. The highest BCUT2D eigenvalue weighted by Crippen LogP contribution is 2.36. The van der Waals surface area contributed by atoms with Gasteiger partial charge < -0.3 is 14.6 Å². The minimum absolute atomic E-state index is 0.111. The van der Waals surface area contributed by atoms with Crippen LogP contribution < -0.4 is 5.32 Å². The maximum atomic E-state index is 5.72. The molecule has 0 radical (unpaired) electrons. The van der Waals surface area contributed by atoms with Crippen LogP contribution in [-0.4, -0.2) is 31.8 Å². The summed E-state index contributed by atoms with van der Waals surface area (Å²) in [6, 6.07) is 0. The van der Waals surface area contributed by atoms with Crippen molar-refractivity contribution in [1.29, 1.82) is 0 Å². The Labute approximate surface area is 75.0 Å². The molecule has 0 aromatic rings. The van der Waals surface area contributed by atoms with Gasteiger partial charge in [-0.3, -0.25) is 0 Å². The third-order valence-electron chi connectivity index (χ3n) is 2.67. The van der Waals surface area contributed by atoms with E-state index in [0.29, 0.717) is 0 Å². The topological polar surface area (TPSA) is 30.5 Å². The van der Waals surface area contributed by atoms with Crippen LogP contribution in [0, 0.1) is 0 Å². The van der Waals surface area contributed by atoms with Gasteiger partial charge in [-0.05, 0) is 34.7 Å². The first-order chi connectivity index (χ1) is 5.39. The molecular formula is C8H18BNO2. The normalized spacial score (nSPS) is 26.2.